The Hall–Kier alpha value is -3.11. The van der Waals surface area contributed by atoms with E-state index >= 15 is 0 Å². The summed E-state index contributed by atoms with van der Waals surface area (Å²) >= 11 is 1.99. The van der Waals surface area contributed by atoms with Crippen LogP contribution >= 0.6 is 11.8 Å². The van der Waals surface area contributed by atoms with Crippen molar-refractivity contribution in [2.75, 3.05) is 5.75 Å². The number of aliphatic hydroxyl groups is 1. The summed E-state index contributed by atoms with van der Waals surface area (Å²) in [6.07, 6.45) is 19.0. The van der Waals surface area contributed by atoms with Crippen LogP contribution in [0, 0.1) is 5.92 Å². The van der Waals surface area contributed by atoms with Gasteiger partial charge in [0.05, 0.1) is 18.1 Å². The maximum atomic E-state index is 13.9. The standard InChI is InChI=1S/C34H48N6O3S/c41-31(19-26(25-12-6-2-7-13-25)22-44-28-14-8-3-9-15-28)39-30(20-27-21-35-23-38-27)34(43)40-29(18-24-10-4-1-5-11-24)32(42)33-36-16-17-37-33/h2,6-7,12-13,16-17,21,23-24,26,28-30,32,42H,1,3-5,8-11,14-15,18-20,22H2,(H,35,38)(H,36,37)(H,39,41)(H,40,43)/t26?,29-,30-,32+/m0/s1. The highest BCUT2D eigenvalue weighted by Crippen LogP contribution is 2.33. The van der Waals surface area contributed by atoms with E-state index in [2.05, 4.69) is 42.7 Å². The molecule has 0 bridgehead atoms. The molecule has 3 aromatic rings. The van der Waals surface area contributed by atoms with Crippen molar-refractivity contribution in [2.45, 2.75) is 113 Å². The third kappa shape index (κ3) is 9.69. The van der Waals surface area contributed by atoms with Gasteiger partial charge in [-0.2, -0.15) is 11.8 Å². The number of nitrogens with one attached hydrogen (secondary N) is 4. The largest absolute Gasteiger partial charge is 0.383 e. The molecule has 2 aliphatic rings. The number of benzene rings is 1. The fourth-order valence-corrected chi connectivity index (χ4v) is 8.22. The highest BCUT2D eigenvalue weighted by Gasteiger charge is 2.32. The number of hydrogen-bond acceptors (Lipinski definition) is 6. The average molecular weight is 621 g/mol. The highest BCUT2D eigenvalue weighted by atomic mass is 32.2. The first kappa shape index (κ1) is 32.3. The second-order valence-electron chi connectivity index (χ2n) is 12.6. The van der Waals surface area contributed by atoms with E-state index in [-0.39, 0.29) is 24.2 Å². The van der Waals surface area contributed by atoms with Crippen LogP contribution < -0.4 is 10.6 Å². The molecule has 44 heavy (non-hydrogen) atoms. The van der Waals surface area contributed by atoms with Crippen LogP contribution in [0.3, 0.4) is 0 Å². The van der Waals surface area contributed by atoms with Crippen molar-refractivity contribution in [3.8, 4) is 0 Å². The van der Waals surface area contributed by atoms with E-state index in [4.69, 9.17) is 0 Å². The minimum Gasteiger partial charge on any atom is -0.383 e. The van der Waals surface area contributed by atoms with E-state index < -0.39 is 18.2 Å². The minimum atomic E-state index is -0.975. The van der Waals surface area contributed by atoms with E-state index in [9.17, 15) is 14.7 Å². The number of hydrogen-bond donors (Lipinski definition) is 5. The lowest BCUT2D eigenvalue weighted by Crippen LogP contribution is -2.52. The average Bonchev–Trinajstić information content (AvgIpc) is 3.79. The van der Waals surface area contributed by atoms with Crippen LogP contribution in [-0.4, -0.2) is 59.9 Å². The van der Waals surface area contributed by atoms with Gasteiger partial charge in [-0.05, 0) is 30.7 Å². The number of carbonyl (C=O) groups excluding carboxylic acids is 2. The smallest absolute Gasteiger partial charge is 0.243 e. The molecule has 2 aromatic heterocycles. The maximum absolute atomic E-state index is 13.9. The second-order valence-corrected chi connectivity index (χ2v) is 13.9. The quantitative estimate of drug-likeness (QED) is 0.150. The summed E-state index contributed by atoms with van der Waals surface area (Å²) in [6.45, 7) is 0. The fourth-order valence-electron chi connectivity index (χ4n) is 6.74. The van der Waals surface area contributed by atoms with Gasteiger partial charge in [0.15, 0.2) is 0 Å². The monoisotopic (exact) mass is 620 g/mol. The zero-order chi connectivity index (χ0) is 30.6. The molecule has 2 heterocycles. The first-order valence-corrected chi connectivity index (χ1v) is 17.5. The Labute approximate surface area is 265 Å². The number of aliphatic hydroxyl groups excluding tert-OH is 1. The number of amides is 2. The predicted octanol–water partition coefficient (Wildman–Crippen LogP) is 5.59. The van der Waals surface area contributed by atoms with Gasteiger partial charge in [0.1, 0.15) is 18.0 Å². The number of aromatic amines is 2. The minimum absolute atomic E-state index is 0.0528. The van der Waals surface area contributed by atoms with Gasteiger partial charge < -0.3 is 25.7 Å². The fraction of sp³-hybridized carbons (Fsp3) is 0.588. The van der Waals surface area contributed by atoms with E-state index in [1.807, 2.05) is 30.0 Å². The van der Waals surface area contributed by atoms with Crippen LogP contribution in [0.25, 0.3) is 0 Å². The lowest BCUT2D eigenvalue weighted by Gasteiger charge is -2.31. The Morgan fingerprint density at radius 2 is 1.73 bits per heavy atom. The summed E-state index contributed by atoms with van der Waals surface area (Å²) in [4.78, 5) is 42.1. The predicted molar refractivity (Wildman–Crippen MR) is 174 cm³/mol. The number of H-pyrrole nitrogens is 2. The van der Waals surface area contributed by atoms with Crippen LogP contribution in [0.2, 0.25) is 0 Å². The molecule has 0 aliphatic heterocycles. The molecule has 0 radical (unpaired) electrons. The van der Waals surface area contributed by atoms with E-state index in [1.54, 1.807) is 24.9 Å². The maximum Gasteiger partial charge on any atom is 0.243 e. The number of nitrogens with zero attached hydrogens (tertiary/aromatic N) is 2. The summed E-state index contributed by atoms with van der Waals surface area (Å²) in [5, 5.41) is 18.1. The van der Waals surface area contributed by atoms with Crippen molar-refractivity contribution in [3.63, 3.8) is 0 Å². The van der Waals surface area contributed by atoms with Gasteiger partial charge in [-0.25, -0.2) is 9.97 Å². The van der Waals surface area contributed by atoms with Crippen LogP contribution in [0.15, 0.2) is 55.2 Å². The number of rotatable bonds is 15. The third-order valence-electron chi connectivity index (χ3n) is 9.23. The topological polar surface area (TPSA) is 136 Å². The van der Waals surface area contributed by atoms with Gasteiger partial charge in [-0.3, -0.25) is 9.59 Å². The summed E-state index contributed by atoms with van der Waals surface area (Å²) < 4.78 is 0. The molecule has 1 aromatic carbocycles. The van der Waals surface area contributed by atoms with Crippen molar-refractivity contribution >= 4 is 23.6 Å². The Morgan fingerprint density at radius 1 is 0.977 bits per heavy atom. The Kier molecular flexibility index (Phi) is 12.3. The van der Waals surface area contributed by atoms with Crippen molar-refractivity contribution in [1.29, 1.82) is 0 Å². The van der Waals surface area contributed by atoms with Crippen LogP contribution in [0.4, 0.5) is 0 Å². The van der Waals surface area contributed by atoms with Crippen LogP contribution in [0.5, 0.6) is 0 Å². The number of aromatic nitrogens is 4. The molecule has 5 N–H and O–H groups in total. The van der Waals surface area contributed by atoms with Gasteiger partial charge in [-0.1, -0.05) is 81.7 Å². The molecule has 2 amide bonds. The molecule has 10 heteroatoms. The lowest BCUT2D eigenvalue weighted by atomic mass is 9.83. The van der Waals surface area contributed by atoms with Gasteiger partial charge in [0.25, 0.3) is 0 Å². The first-order valence-electron chi connectivity index (χ1n) is 16.5. The molecule has 2 fully saturated rings. The van der Waals surface area contributed by atoms with E-state index in [0.717, 1.165) is 24.2 Å². The Morgan fingerprint density at radius 3 is 2.41 bits per heavy atom. The van der Waals surface area contributed by atoms with Crippen molar-refractivity contribution in [2.24, 2.45) is 5.92 Å². The van der Waals surface area contributed by atoms with Crippen LogP contribution in [-0.2, 0) is 16.0 Å². The van der Waals surface area contributed by atoms with Gasteiger partial charge >= 0.3 is 0 Å². The number of thioether (sulfide) groups is 1. The zero-order valence-electron chi connectivity index (χ0n) is 25.6. The molecule has 5 rings (SSSR count). The van der Waals surface area contributed by atoms with E-state index in [0.29, 0.717) is 35.5 Å². The van der Waals surface area contributed by atoms with Crippen molar-refractivity contribution in [3.05, 3.63) is 72.3 Å². The van der Waals surface area contributed by atoms with E-state index in [1.165, 1.54) is 51.4 Å². The molecule has 238 valence electrons. The van der Waals surface area contributed by atoms with Gasteiger partial charge in [0, 0.05) is 48.4 Å². The summed E-state index contributed by atoms with van der Waals surface area (Å²) in [7, 11) is 0. The second kappa shape index (κ2) is 16.8. The first-order chi connectivity index (χ1) is 21.5. The summed E-state index contributed by atoms with van der Waals surface area (Å²) in [5.41, 5.74) is 1.83. The van der Waals surface area contributed by atoms with Crippen molar-refractivity contribution < 1.29 is 14.7 Å². The Balaban J connectivity index is 1.28. The molecule has 1 unspecified atom stereocenters. The molecule has 9 nitrogen and oxygen atoms in total. The molecular weight excluding hydrogens is 572 g/mol. The van der Waals surface area contributed by atoms with Gasteiger partial charge in [0.2, 0.25) is 11.8 Å². The zero-order valence-corrected chi connectivity index (χ0v) is 26.4. The van der Waals surface area contributed by atoms with Crippen molar-refractivity contribution in [1.82, 2.24) is 30.6 Å². The van der Waals surface area contributed by atoms with Gasteiger partial charge in [-0.15, -0.1) is 0 Å². The summed E-state index contributed by atoms with van der Waals surface area (Å²) in [6, 6.07) is 8.88. The highest BCUT2D eigenvalue weighted by molar-refractivity contribution is 7.99. The SMILES string of the molecule is O=C(CC(CSC1CCCCC1)c1ccccc1)N[C@@H](Cc1c[nH]cn1)C(=O)N[C@@H](CC1CCCCC1)[C@@H](O)c1ncc[nH]1. The molecule has 2 saturated carbocycles. The molecule has 2 aliphatic carbocycles. The summed E-state index contributed by atoms with van der Waals surface area (Å²) in [5.74, 6) is 1.30. The molecular formula is C34H48N6O3S. The Bertz CT molecular complexity index is 1240. The molecule has 0 saturated heterocycles. The number of imidazole rings is 2. The normalized spacial score (nSPS) is 19.1. The third-order valence-corrected chi connectivity index (χ3v) is 10.8. The molecule has 0 spiro atoms. The number of carbonyl (C=O) groups is 2. The lowest BCUT2D eigenvalue weighted by molar-refractivity contribution is -0.130. The molecule has 4 atom stereocenters. The van der Waals surface area contributed by atoms with Crippen LogP contribution in [0.1, 0.15) is 106 Å².